The minimum absolute atomic E-state index is 0.224. The third kappa shape index (κ3) is 3.90. The zero-order valence-corrected chi connectivity index (χ0v) is 16.0. The van der Waals surface area contributed by atoms with E-state index in [2.05, 4.69) is 42.8 Å². The van der Waals surface area contributed by atoms with E-state index in [4.69, 9.17) is 0 Å². The molecule has 3 rings (SSSR count). The summed E-state index contributed by atoms with van der Waals surface area (Å²) >= 11 is 1.92. The zero-order valence-electron chi connectivity index (χ0n) is 15.2. The van der Waals surface area contributed by atoms with Crippen LogP contribution in [0.3, 0.4) is 0 Å². The first-order chi connectivity index (χ1) is 11.3. The summed E-state index contributed by atoms with van der Waals surface area (Å²) in [5.41, 5.74) is 0.224. The number of nitrogens with zero attached hydrogens (tertiary/aromatic N) is 3. The molecule has 3 heterocycles. The quantitative estimate of drug-likeness (QED) is 0.916. The normalized spacial score (nSPS) is 21.1. The van der Waals surface area contributed by atoms with Crippen LogP contribution in [0.2, 0.25) is 0 Å². The van der Waals surface area contributed by atoms with Crippen LogP contribution in [0.1, 0.15) is 55.3 Å². The lowest BCUT2D eigenvalue weighted by Gasteiger charge is -2.34. The van der Waals surface area contributed by atoms with Crippen LogP contribution in [0, 0.1) is 5.92 Å². The van der Waals surface area contributed by atoms with Crippen LogP contribution >= 0.6 is 11.3 Å². The van der Waals surface area contributed by atoms with Crippen LogP contribution in [-0.4, -0.2) is 32.6 Å². The summed E-state index contributed by atoms with van der Waals surface area (Å²) in [4.78, 5) is 9.68. The first-order valence-electron chi connectivity index (χ1n) is 8.81. The fraction of sp³-hybridized carbons (Fsp3) is 0.632. The van der Waals surface area contributed by atoms with Crippen LogP contribution in [0.4, 0.5) is 0 Å². The number of hydrogen-bond donors (Lipinski definition) is 1. The molecule has 1 saturated heterocycles. The first-order valence-corrected chi connectivity index (χ1v) is 9.63. The Kier molecular flexibility index (Phi) is 5.13. The number of thiophene rings is 1. The fourth-order valence-corrected chi connectivity index (χ4v) is 4.56. The number of aromatic nitrogens is 2. The molecule has 0 radical (unpaired) electrons. The number of imidazole rings is 1. The van der Waals surface area contributed by atoms with Crippen molar-refractivity contribution in [1.82, 2.24) is 14.5 Å². The van der Waals surface area contributed by atoms with Crippen LogP contribution in [-0.2, 0) is 19.0 Å². The lowest BCUT2D eigenvalue weighted by Crippen LogP contribution is -2.37. The van der Waals surface area contributed by atoms with Crippen molar-refractivity contribution in [3.63, 3.8) is 0 Å². The van der Waals surface area contributed by atoms with Gasteiger partial charge in [0, 0.05) is 48.2 Å². The Balaban J connectivity index is 1.63. The molecule has 24 heavy (non-hydrogen) atoms. The van der Waals surface area contributed by atoms with Gasteiger partial charge in [-0.25, -0.2) is 4.98 Å². The van der Waals surface area contributed by atoms with E-state index in [0.717, 1.165) is 38.3 Å². The maximum Gasteiger partial charge on any atom is 0.137 e. The molecule has 1 aliphatic heterocycles. The SMILES string of the molecule is Cn1ccnc1C(O)C1CCCN(Cc2ccc(C(C)(C)C)s2)C1. The van der Waals surface area contributed by atoms with Crippen LogP contribution in [0.25, 0.3) is 0 Å². The van der Waals surface area contributed by atoms with Gasteiger partial charge in [-0.15, -0.1) is 11.3 Å². The van der Waals surface area contributed by atoms with E-state index in [1.807, 2.05) is 29.1 Å². The average molecular weight is 348 g/mol. The standard InChI is InChI=1S/C19H29N3OS/c1-19(2,3)16-8-7-15(24-16)13-22-10-5-6-14(12-22)17(23)18-20-9-11-21(18)4/h7-9,11,14,17,23H,5-6,10,12-13H2,1-4H3. The predicted molar refractivity (Wildman–Crippen MR) is 99.2 cm³/mol. The van der Waals surface area contributed by atoms with Crippen LogP contribution in [0.5, 0.6) is 0 Å². The summed E-state index contributed by atoms with van der Waals surface area (Å²) in [5.74, 6) is 1.05. The van der Waals surface area contributed by atoms with Gasteiger partial charge in [0.15, 0.2) is 0 Å². The third-order valence-electron chi connectivity index (χ3n) is 4.89. The molecule has 2 atom stereocenters. The molecule has 0 saturated carbocycles. The molecule has 0 spiro atoms. The van der Waals surface area contributed by atoms with Gasteiger partial charge in [0.05, 0.1) is 0 Å². The largest absolute Gasteiger partial charge is 0.385 e. The molecule has 1 fully saturated rings. The summed E-state index contributed by atoms with van der Waals surface area (Å²) in [6.07, 6.45) is 5.41. The highest BCUT2D eigenvalue weighted by Crippen LogP contribution is 2.32. The van der Waals surface area contributed by atoms with Crippen LogP contribution < -0.4 is 0 Å². The van der Waals surface area contributed by atoms with Gasteiger partial charge in [0.2, 0.25) is 0 Å². The molecular weight excluding hydrogens is 318 g/mol. The molecule has 2 aromatic heterocycles. The Bertz CT molecular complexity index is 670. The maximum atomic E-state index is 10.7. The van der Waals surface area contributed by atoms with Crippen molar-refractivity contribution in [2.24, 2.45) is 13.0 Å². The summed E-state index contributed by atoms with van der Waals surface area (Å²) in [6.45, 7) is 9.85. The molecule has 0 amide bonds. The highest BCUT2D eigenvalue weighted by molar-refractivity contribution is 7.12. The highest BCUT2D eigenvalue weighted by Gasteiger charge is 2.29. The van der Waals surface area contributed by atoms with Crippen molar-refractivity contribution < 1.29 is 5.11 Å². The molecule has 0 aromatic carbocycles. The molecule has 5 heteroatoms. The predicted octanol–water partition coefficient (Wildman–Crippen LogP) is 3.72. The van der Waals surface area contributed by atoms with Gasteiger partial charge in [-0.2, -0.15) is 0 Å². The zero-order chi connectivity index (χ0) is 17.3. The second-order valence-corrected chi connectivity index (χ2v) is 9.16. The van der Waals surface area contributed by atoms with Crippen molar-refractivity contribution in [2.75, 3.05) is 13.1 Å². The van der Waals surface area contributed by atoms with Crippen molar-refractivity contribution in [3.05, 3.63) is 40.1 Å². The summed E-state index contributed by atoms with van der Waals surface area (Å²) in [7, 11) is 1.95. The molecule has 0 aliphatic carbocycles. The van der Waals surface area contributed by atoms with E-state index < -0.39 is 6.10 Å². The molecule has 0 bridgehead atoms. The Morgan fingerprint density at radius 3 is 2.79 bits per heavy atom. The number of aliphatic hydroxyl groups is 1. The van der Waals surface area contributed by atoms with Gasteiger partial charge in [-0.1, -0.05) is 20.8 Å². The number of rotatable bonds is 4. The van der Waals surface area contributed by atoms with Crippen molar-refractivity contribution in [1.29, 1.82) is 0 Å². The van der Waals surface area contributed by atoms with E-state index in [1.165, 1.54) is 9.75 Å². The van der Waals surface area contributed by atoms with E-state index in [-0.39, 0.29) is 11.3 Å². The Labute approximate surface area is 149 Å². The molecular formula is C19H29N3OS. The highest BCUT2D eigenvalue weighted by atomic mass is 32.1. The second kappa shape index (κ2) is 6.98. The molecule has 132 valence electrons. The molecule has 4 nitrogen and oxygen atoms in total. The molecule has 2 aromatic rings. The topological polar surface area (TPSA) is 41.3 Å². The number of hydrogen-bond acceptors (Lipinski definition) is 4. The number of piperidine rings is 1. The fourth-order valence-electron chi connectivity index (χ4n) is 3.45. The lowest BCUT2D eigenvalue weighted by atomic mass is 9.92. The van der Waals surface area contributed by atoms with Crippen molar-refractivity contribution >= 4 is 11.3 Å². The van der Waals surface area contributed by atoms with E-state index >= 15 is 0 Å². The smallest absolute Gasteiger partial charge is 0.137 e. The minimum atomic E-state index is -0.471. The van der Waals surface area contributed by atoms with Gasteiger partial charge in [-0.3, -0.25) is 4.90 Å². The van der Waals surface area contributed by atoms with Gasteiger partial charge >= 0.3 is 0 Å². The Morgan fingerprint density at radius 2 is 2.17 bits per heavy atom. The third-order valence-corrected chi connectivity index (χ3v) is 6.39. The number of aliphatic hydroxyl groups excluding tert-OH is 1. The summed E-state index contributed by atoms with van der Waals surface area (Å²) < 4.78 is 1.93. The Morgan fingerprint density at radius 1 is 1.38 bits per heavy atom. The average Bonchev–Trinajstić information content (AvgIpc) is 3.15. The monoisotopic (exact) mass is 347 g/mol. The number of aryl methyl sites for hydroxylation is 1. The molecule has 1 aliphatic rings. The second-order valence-electron chi connectivity index (χ2n) is 7.99. The first kappa shape index (κ1) is 17.6. The van der Waals surface area contributed by atoms with Gasteiger partial charge in [-0.05, 0) is 36.9 Å². The Hall–Kier alpha value is -1.17. The van der Waals surface area contributed by atoms with Gasteiger partial charge in [0.25, 0.3) is 0 Å². The van der Waals surface area contributed by atoms with Crippen molar-refractivity contribution in [2.45, 2.75) is 51.7 Å². The van der Waals surface area contributed by atoms with Gasteiger partial charge < -0.3 is 9.67 Å². The molecule has 1 N–H and O–H groups in total. The minimum Gasteiger partial charge on any atom is -0.385 e. The van der Waals surface area contributed by atoms with E-state index in [1.54, 1.807) is 6.20 Å². The van der Waals surface area contributed by atoms with Crippen molar-refractivity contribution in [3.8, 4) is 0 Å². The maximum absolute atomic E-state index is 10.7. The van der Waals surface area contributed by atoms with E-state index in [9.17, 15) is 5.11 Å². The van der Waals surface area contributed by atoms with E-state index in [0.29, 0.717) is 0 Å². The number of likely N-dealkylation sites (tertiary alicyclic amines) is 1. The summed E-state index contributed by atoms with van der Waals surface area (Å²) in [6, 6.07) is 4.54. The van der Waals surface area contributed by atoms with Crippen LogP contribution in [0.15, 0.2) is 24.5 Å². The lowest BCUT2D eigenvalue weighted by molar-refractivity contribution is 0.0408. The molecule has 2 unspecified atom stereocenters. The van der Waals surface area contributed by atoms with Gasteiger partial charge in [0.1, 0.15) is 11.9 Å². The summed E-state index contributed by atoms with van der Waals surface area (Å²) in [5, 5.41) is 10.7.